The van der Waals surface area contributed by atoms with E-state index in [-0.39, 0.29) is 0 Å². The zero-order valence-corrected chi connectivity index (χ0v) is 10.1. The molecule has 2 heteroatoms. The number of aliphatic hydroxyl groups excluding tert-OH is 1. The van der Waals surface area contributed by atoms with Crippen LogP contribution in [-0.2, 0) is 4.74 Å². The van der Waals surface area contributed by atoms with Gasteiger partial charge in [-0.1, -0.05) is 29.3 Å². The number of aliphatic hydroxyl groups is 1. The third-order valence-electron chi connectivity index (χ3n) is 2.95. The van der Waals surface area contributed by atoms with Crippen LogP contribution in [0.2, 0.25) is 0 Å². The van der Waals surface area contributed by atoms with Gasteiger partial charge in [-0.05, 0) is 38.2 Å². The van der Waals surface area contributed by atoms with Gasteiger partial charge < -0.3 is 9.84 Å². The average molecular weight is 220 g/mol. The topological polar surface area (TPSA) is 29.5 Å². The summed E-state index contributed by atoms with van der Waals surface area (Å²) in [5.41, 5.74) is 3.35. The summed E-state index contributed by atoms with van der Waals surface area (Å²) < 4.78 is 5.50. The number of hydrogen-bond acceptors (Lipinski definition) is 2. The molecule has 0 heterocycles. The molecule has 1 saturated carbocycles. The minimum absolute atomic E-state index is 0.416. The molecule has 0 saturated heterocycles. The predicted octanol–water partition coefficient (Wildman–Crippen LogP) is 2.76. The predicted molar refractivity (Wildman–Crippen MR) is 64.4 cm³/mol. The number of benzene rings is 1. The van der Waals surface area contributed by atoms with Crippen LogP contribution in [0.1, 0.15) is 35.6 Å². The fraction of sp³-hybridized carbons (Fsp3) is 0.571. The van der Waals surface area contributed by atoms with Crippen molar-refractivity contribution in [2.45, 2.75) is 32.8 Å². The van der Waals surface area contributed by atoms with Gasteiger partial charge in [0.1, 0.15) is 6.10 Å². The van der Waals surface area contributed by atoms with Crippen LogP contribution in [0, 0.1) is 19.8 Å². The van der Waals surface area contributed by atoms with E-state index in [9.17, 15) is 5.11 Å². The van der Waals surface area contributed by atoms with E-state index in [2.05, 4.69) is 6.07 Å². The summed E-state index contributed by atoms with van der Waals surface area (Å²) >= 11 is 0. The molecular formula is C14H20O2. The number of hydrogen-bond donors (Lipinski definition) is 1. The second-order valence-corrected chi connectivity index (χ2v) is 4.92. The van der Waals surface area contributed by atoms with E-state index in [1.807, 2.05) is 26.0 Å². The van der Waals surface area contributed by atoms with E-state index in [0.29, 0.717) is 6.61 Å². The van der Waals surface area contributed by atoms with Crippen molar-refractivity contribution in [3.05, 3.63) is 34.9 Å². The van der Waals surface area contributed by atoms with Crippen molar-refractivity contribution < 1.29 is 9.84 Å². The summed E-state index contributed by atoms with van der Waals surface area (Å²) in [6.07, 6.45) is 2.09. The smallest absolute Gasteiger partial charge is 0.102 e. The van der Waals surface area contributed by atoms with Crippen molar-refractivity contribution in [1.29, 1.82) is 0 Å². The monoisotopic (exact) mass is 220 g/mol. The molecule has 1 aromatic carbocycles. The Labute approximate surface area is 97.3 Å². The lowest BCUT2D eigenvalue weighted by molar-refractivity contribution is 0.0314. The van der Waals surface area contributed by atoms with Gasteiger partial charge in [-0.15, -0.1) is 0 Å². The summed E-state index contributed by atoms with van der Waals surface area (Å²) in [4.78, 5) is 0. The second-order valence-electron chi connectivity index (χ2n) is 4.92. The molecule has 88 valence electrons. The molecule has 1 atom stereocenters. The molecule has 1 fully saturated rings. The number of rotatable bonds is 5. The lowest BCUT2D eigenvalue weighted by atomic mass is 10.0. The van der Waals surface area contributed by atoms with Crippen molar-refractivity contribution in [1.82, 2.24) is 0 Å². The third-order valence-corrected chi connectivity index (χ3v) is 2.95. The van der Waals surface area contributed by atoms with Crippen LogP contribution in [-0.4, -0.2) is 18.3 Å². The van der Waals surface area contributed by atoms with Gasteiger partial charge in [-0.3, -0.25) is 0 Å². The Balaban J connectivity index is 1.88. The van der Waals surface area contributed by atoms with Gasteiger partial charge in [0.15, 0.2) is 0 Å². The lowest BCUT2D eigenvalue weighted by Crippen LogP contribution is -2.09. The van der Waals surface area contributed by atoms with E-state index in [1.54, 1.807) is 0 Å². The molecule has 1 aliphatic rings. The van der Waals surface area contributed by atoms with Crippen molar-refractivity contribution in [2.24, 2.45) is 5.92 Å². The van der Waals surface area contributed by atoms with Crippen LogP contribution in [0.15, 0.2) is 18.2 Å². The average Bonchev–Trinajstić information content (AvgIpc) is 3.00. The number of aryl methyl sites for hydroxylation is 2. The summed E-state index contributed by atoms with van der Waals surface area (Å²) in [5, 5.41) is 9.98. The molecule has 0 spiro atoms. The zero-order chi connectivity index (χ0) is 11.5. The van der Waals surface area contributed by atoms with Crippen LogP contribution >= 0.6 is 0 Å². The highest BCUT2D eigenvalue weighted by atomic mass is 16.5. The van der Waals surface area contributed by atoms with Crippen molar-refractivity contribution in [3.63, 3.8) is 0 Å². The maximum atomic E-state index is 9.98. The second kappa shape index (κ2) is 4.98. The van der Waals surface area contributed by atoms with Crippen LogP contribution in [0.5, 0.6) is 0 Å². The molecule has 0 amide bonds. The Bertz CT molecular complexity index is 336. The highest BCUT2D eigenvalue weighted by Gasteiger charge is 2.21. The molecule has 0 bridgehead atoms. The molecule has 0 aliphatic heterocycles. The van der Waals surface area contributed by atoms with Crippen molar-refractivity contribution >= 4 is 0 Å². The normalized spacial score (nSPS) is 17.4. The molecular weight excluding hydrogens is 200 g/mol. The molecule has 16 heavy (non-hydrogen) atoms. The van der Waals surface area contributed by atoms with Gasteiger partial charge in [0.25, 0.3) is 0 Å². The van der Waals surface area contributed by atoms with E-state index in [4.69, 9.17) is 4.74 Å². The van der Waals surface area contributed by atoms with Gasteiger partial charge in [0, 0.05) is 6.61 Å². The summed E-state index contributed by atoms with van der Waals surface area (Å²) in [5.74, 6) is 0.756. The van der Waals surface area contributed by atoms with E-state index >= 15 is 0 Å². The summed E-state index contributed by atoms with van der Waals surface area (Å²) in [6, 6.07) is 6.16. The van der Waals surface area contributed by atoms with Crippen LogP contribution < -0.4 is 0 Å². The maximum absolute atomic E-state index is 9.98. The van der Waals surface area contributed by atoms with Gasteiger partial charge in [0.2, 0.25) is 0 Å². The van der Waals surface area contributed by atoms with Crippen LogP contribution in [0.4, 0.5) is 0 Å². The Hall–Kier alpha value is -0.860. The van der Waals surface area contributed by atoms with Gasteiger partial charge >= 0.3 is 0 Å². The SMILES string of the molecule is Cc1cc(C)cc(C(O)COCC2CC2)c1. The Morgan fingerprint density at radius 3 is 2.44 bits per heavy atom. The molecule has 0 radical (unpaired) electrons. The molecule has 1 aliphatic carbocycles. The Morgan fingerprint density at radius 2 is 1.88 bits per heavy atom. The third kappa shape index (κ3) is 3.32. The first-order chi connectivity index (χ1) is 7.65. The van der Waals surface area contributed by atoms with E-state index < -0.39 is 6.10 Å². The summed E-state index contributed by atoms with van der Waals surface area (Å²) in [7, 11) is 0. The Morgan fingerprint density at radius 1 is 1.25 bits per heavy atom. The largest absolute Gasteiger partial charge is 0.386 e. The fourth-order valence-electron chi connectivity index (χ4n) is 1.93. The van der Waals surface area contributed by atoms with Gasteiger partial charge in [-0.2, -0.15) is 0 Å². The minimum atomic E-state index is -0.489. The van der Waals surface area contributed by atoms with E-state index in [0.717, 1.165) is 18.1 Å². The molecule has 1 unspecified atom stereocenters. The minimum Gasteiger partial charge on any atom is -0.386 e. The molecule has 1 aromatic rings. The van der Waals surface area contributed by atoms with Crippen molar-refractivity contribution in [2.75, 3.05) is 13.2 Å². The highest BCUT2D eigenvalue weighted by molar-refractivity contribution is 5.29. The highest BCUT2D eigenvalue weighted by Crippen LogP contribution is 2.29. The zero-order valence-electron chi connectivity index (χ0n) is 10.1. The Kier molecular flexibility index (Phi) is 3.62. The fourth-order valence-corrected chi connectivity index (χ4v) is 1.93. The van der Waals surface area contributed by atoms with Gasteiger partial charge in [-0.25, -0.2) is 0 Å². The lowest BCUT2D eigenvalue weighted by Gasteiger charge is -2.13. The first kappa shape index (κ1) is 11.6. The molecule has 2 rings (SSSR count). The molecule has 1 N–H and O–H groups in total. The van der Waals surface area contributed by atoms with Crippen LogP contribution in [0.3, 0.4) is 0 Å². The van der Waals surface area contributed by atoms with Gasteiger partial charge in [0.05, 0.1) is 6.61 Å². The molecule has 0 aromatic heterocycles. The van der Waals surface area contributed by atoms with Crippen LogP contribution in [0.25, 0.3) is 0 Å². The number of ether oxygens (including phenoxy) is 1. The van der Waals surface area contributed by atoms with Crippen molar-refractivity contribution in [3.8, 4) is 0 Å². The first-order valence-corrected chi connectivity index (χ1v) is 5.99. The quantitative estimate of drug-likeness (QED) is 0.826. The molecule has 2 nitrogen and oxygen atoms in total. The summed E-state index contributed by atoms with van der Waals surface area (Å²) in [6.45, 7) is 5.32. The maximum Gasteiger partial charge on any atom is 0.102 e. The standard InChI is InChI=1S/C14H20O2/c1-10-5-11(2)7-13(6-10)14(15)9-16-8-12-3-4-12/h5-7,12,14-15H,3-4,8-9H2,1-2H3. The first-order valence-electron chi connectivity index (χ1n) is 5.99. The van der Waals surface area contributed by atoms with E-state index in [1.165, 1.54) is 24.0 Å².